The highest BCUT2D eigenvalue weighted by atomic mass is 35.5. The fourth-order valence-corrected chi connectivity index (χ4v) is 2.67. The lowest BCUT2D eigenvalue weighted by Gasteiger charge is -2.18. The van der Waals surface area contributed by atoms with E-state index >= 15 is 0 Å². The summed E-state index contributed by atoms with van der Waals surface area (Å²) < 4.78 is 5.05. The maximum atomic E-state index is 12.1. The number of amides is 1. The summed E-state index contributed by atoms with van der Waals surface area (Å²) in [6.45, 7) is 1.69. The van der Waals surface area contributed by atoms with Crippen molar-refractivity contribution >= 4 is 35.1 Å². The fraction of sp³-hybridized carbons (Fsp3) is 0.263. The van der Waals surface area contributed by atoms with E-state index in [0.29, 0.717) is 5.02 Å². The van der Waals surface area contributed by atoms with Crippen LogP contribution in [0.15, 0.2) is 48.5 Å². The maximum absolute atomic E-state index is 12.1. The molecule has 1 unspecified atom stereocenters. The van der Waals surface area contributed by atoms with Gasteiger partial charge in [-0.2, -0.15) is 0 Å². The van der Waals surface area contributed by atoms with Crippen molar-refractivity contribution in [3.63, 3.8) is 0 Å². The molecule has 4 nitrogen and oxygen atoms in total. The molecule has 0 aliphatic heterocycles. The smallest absolute Gasteiger partial charge is 0.338 e. The molecule has 1 N–H and O–H groups in total. The minimum absolute atomic E-state index is 0.109. The summed E-state index contributed by atoms with van der Waals surface area (Å²) in [6, 6.07) is 14.0. The molecule has 0 heterocycles. The van der Waals surface area contributed by atoms with Crippen LogP contribution in [0.4, 0.5) is 0 Å². The van der Waals surface area contributed by atoms with Gasteiger partial charge in [0.05, 0.1) is 21.7 Å². The Bertz CT molecular complexity index is 735. The van der Waals surface area contributed by atoms with Crippen molar-refractivity contribution in [3.8, 4) is 0 Å². The first-order valence-electron chi connectivity index (χ1n) is 7.97. The lowest BCUT2D eigenvalue weighted by Crippen LogP contribution is -2.32. The first-order valence-corrected chi connectivity index (χ1v) is 8.73. The number of carbonyl (C=O) groups excluding carboxylic acids is 2. The number of halogens is 2. The first kappa shape index (κ1) is 19.3. The largest absolute Gasteiger partial charge is 0.452 e. The van der Waals surface area contributed by atoms with Crippen LogP contribution in [0, 0.1) is 0 Å². The molecule has 0 aliphatic carbocycles. The molecule has 6 heteroatoms. The average molecular weight is 380 g/mol. The number of carbonyl (C=O) groups is 2. The predicted octanol–water partition coefficient (Wildman–Crippen LogP) is 4.81. The van der Waals surface area contributed by atoms with Gasteiger partial charge in [-0.1, -0.05) is 66.9 Å². The molecule has 0 saturated carbocycles. The normalized spacial score (nSPS) is 11.6. The van der Waals surface area contributed by atoms with Crippen molar-refractivity contribution in [1.82, 2.24) is 5.32 Å². The Morgan fingerprint density at radius 3 is 2.44 bits per heavy atom. The Morgan fingerprint density at radius 2 is 1.80 bits per heavy atom. The van der Waals surface area contributed by atoms with Gasteiger partial charge in [0.2, 0.25) is 0 Å². The van der Waals surface area contributed by atoms with Crippen LogP contribution in [0.3, 0.4) is 0 Å². The third-order valence-corrected chi connectivity index (χ3v) is 4.34. The van der Waals surface area contributed by atoms with Crippen LogP contribution in [0.1, 0.15) is 41.7 Å². The number of ether oxygens (including phenoxy) is 1. The SMILES string of the molecule is CCCC(NC(=O)COC(=O)c1ccc(Cl)c(Cl)c1)c1ccccc1. The van der Waals surface area contributed by atoms with Crippen molar-refractivity contribution in [3.05, 3.63) is 69.7 Å². The lowest BCUT2D eigenvalue weighted by atomic mass is 10.0. The first-order chi connectivity index (χ1) is 12.0. The highest BCUT2D eigenvalue weighted by Gasteiger charge is 2.16. The zero-order valence-electron chi connectivity index (χ0n) is 13.8. The summed E-state index contributed by atoms with van der Waals surface area (Å²) >= 11 is 11.7. The van der Waals surface area contributed by atoms with E-state index in [1.165, 1.54) is 18.2 Å². The highest BCUT2D eigenvalue weighted by molar-refractivity contribution is 6.42. The van der Waals surface area contributed by atoms with Crippen LogP contribution >= 0.6 is 23.2 Å². The molecule has 0 spiro atoms. The van der Waals surface area contributed by atoms with Crippen LogP contribution < -0.4 is 5.32 Å². The van der Waals surface area contributed by atoms with Gasteiger partial charge in [0.15, 0.2) is 6.61 Å². The second-order valence-electron chi connectivity index (χ2n) is 5.52. The van der Waals surface area contributed by atoms with Crippen LogP contribution in [-0.2, 0) is 9.53 Å². The average Bonchev–Trinajstić information content (AvgIpc) is 2.62. The summed E-state index contributed by atoms with van der Waals surface area (Å²) in [4.78, 5) is 24.1. The van der Waals surface area contributed by atoms with E-state index in [2.05, 4.69) is 5.32 Å². The van der Waals surface area contributed by atoms with Gasteiger partial charge in [0.1, 0.15) is 0 Å². The van der Waals surface area contributed by atoms with E-state index in [9.17, 15) is 9.59 Å². The van der Waals surface area contributed by atoms with E-state index in [-0.39, 0.29) is 29.1 Å². The molecule has 2 aromatic carbocycles. The molecule has 132 valence electrons. The standard InChI is InChI=1S/C19H19Cl2NO3/c1-2-6-17(13-7-4-3-5-8-13)22-18(23)12-25-19(24)14-9-10-15(20)16(21)11-14/h3-5,7-11,17H,2,6,12H2,1H3,(H,22,23). The van der Waals surface area contributed by atoms with Crippen LogP contribution in [0.25, 0.3) is 0 Å². The van der Waals surface area contributed by atoms with Crippen molar-refractivity contribution in [2.75, 3.05) is 6.61 Å². The van der Waals surface area contributed by atoms with E-state index in [4.69, 9.17) is 27.9 Å². The number of esters is 1. The third kappa shape index (κ3) is 5.76. The molecule has 0 saturated heterocycles. The van der Waals surface area contributed by atoms with Crippen molar-refractivity contribution in [1.29, 1.82) is 0 Å². The molecule has 2 rings (SSSR count). The number of rotatable bonds is 7. The van der Waals surface area contributed by atoms with E-state index in [1.807, 2.05) is 37.3 Å². The Morgan fingerprint density at radius 1 is 1.08 bits per heavy atom. The summed E-state index contributed by atoms with van der Waals surface area (Å²) in [5, 5.41) is 3.50. The van der Waals surface area contributed by atoms with Crippen molar-refractivity contribution in [2.45, 2.75) is 25.8 Å². The Balaban J connectivity index is 1.92. The Kier molecular flexibility index (Phi) is 7.29. The lowest BCUT2D eigenvalue weighted by molar-refractivity contribution is -0.125. The fourth-order valence-electron chi connectivity index (χ4n) is 2.37. The van der Waals surface area contributed by atoms with Gasteiger partial charge < -0.3 is 10.1 Å². The molecule has 0 fully saturated rings. The van der Waals surface area contributed by atoms with Crippen LogP contribution in [0.5, 0.6) is 0 Å². The molecule has 1 atom stereocenters. The van der Waals surface area contributed by atoms with E-state index in [1.54, 1.807) is 0 Å². The van der Waals surface area contributed by atoms with Crippen molar-refractivity contribution in [2.24, 2.45) is 0 Å². The molecule has 2 aromatic rings. The van der Waals surface area contributed by atoms with E-state index in [0.717, 1.165) is 18.4 Å². The van der Waals surface area contributed by atoms with Crippen LogP contribution in [0.2, 0.25) is 10.0 Å². The second kappa shape index (κ2) is 9.44. The topological polar surface area (TPSA) is 55.4 Å². The van der Waals surface area contributed by atoms with Crippen LogP contribution in [-0.4, -0.2) is 18.5 Å². The van der Waals surface area contributed by atoms with Gasteiger partial charge in [-0.05, 0) is 30.2 Å². The van der Waals surface area contributed by atoms with Gasteiger partial charge in [0, 0.05) is 0 Å². The molecular formula is C19H19Cl2NO3. The highest BCUT2D eigenvalue weighted by Crippen LogP contribution is 2.23. The molecule has 0 radical (unpaired) electrons. The summed E-state index contributed by atoms with van der Waals surface area (Å²) in [7, 11) is 0. The molecule has 0 bridgehead atoms. The van der Waals surface area contributed by atoms with Crippen molar-refractivity contribution < 1.29 is 14.3 Å². The molecule has 0 aliphatic rings. The molecule has 0 aromatic heterocycles. The molecular weight excluding hydrogens is 361 g/mol. The maximum Gasteiger partial charge on any atom is 0.338 e. The minimum Gasteiger partial charge on any atom is -0.452 e. The van der Waals surface area contributed by atoms with Gasteiger partial charge in [-0.25, -0.2) is 4.79 Å². The van der Waals surface area contributed by atoms with Gasteiger partial charge >= 0.3 is 5.97 Å². The van der Waals surface area contributed by atoms with E-state index < -0.39 is 5.97 Å². The summed E-state index contributed by atoms with van der Waals surface area (Å²) in [5.41, 5.74) is 1.27. The number of hydrogen-bond acceptors (Lipinski definition) is 3. The second-order valence-corrected chi connectivity index (χ2v) is 6.34. The Hall–Kier alpha value is -2.04. The Labute approximate surface area is 157 Å². The predicted molar refractivity (Wildman–Crippen MR) is 99.0 cm³/mol. The van der Waals surface area contributed by atoms with Gasteiger partial charge in [-0.3, -0.25) is 4.79 Å². The molecule has 1 amide bonds. The third-order valence-electron chi connectivity index (χ3n) is 3.60. The van der Waals surface area contributed by atoms with Gasteiger partial charge in [-0.15, -0.1) is 0 Å². The molecule has 25 heavy (non-hydrogen) atoms. The minimum atomic E-state index is -0.625. The number of hydrogen-bond donors (Lipinski definition) is 1. The monoisotopic (exact) mass is 379 g/mol. The zero-order valence-corrected chi connectivity index (χ0v) is 15.3. The summed E-state index contributed by atoms with van der Waals surface area (Å²) in [6.07, 6.45) is 1.72. The number of nitrogens with one attached hydrogen (secondary N) is 1. The quantitative estimate of drug-likeness (QED) is 0.702. The number of benzene rings is 2. The zero-order chi connectivity index (χ0) is 18.2. The van der Waals surface area contributed by atoms with Gasteiger partial charge in [0.25, 0.3) is 5.91 Å². The summed E-state index contributed by atoms with van der Waals surface area (Å²) in [5.74, 6) is -0.976.